The summed E-state index contributed by atoms with van der Waals surface area (Å²) in [6.45, 7) is 2.58. The lowest BCUT2D eigenvalue weighted by Gasteiger charge is -2.34. The molecule has 0 aliphatic carbocycles. The third-order valence-electron chi connectivity index (χ3n) is 4.21. The highest BCUT2D eigenvalue weighted by Gasteiger charge is 2.22. The number of hydrogen-bond donors (Lipinski definition) is 1. The van der Waals surface area contributed by atoms with Gasteiger partial charge < -0.3 is 14.6 Å². The summed E-state index contributed by atoms with van der Waals surface area (Å²) < 4.78 is 5.96. The third kappa shape index (κ3) is 2.57. The third-order valence-corrected chi connectivity index (χ3v) is 4.21. The van der Waals surface area contributed by atoms with E-state index in [1.807, 2.05) is 0 Å². The monoisotopic (exact) mass is 293 g/mol. The molecule has 4 heteroatoms. The van der Waals surface area contributed by atoms with Crippen LogP contribution >= 0.6 is 0 Å². The standard InChI is InChI=1S/C18H19N3O/c1-2-5-14(6-3-1)11-15-12-21(9-10-22-15)17-8-4-7-16-18(17)20-13-19-16/h1-8,13,15H,9-12H2,(H,19,20). The Balaban J connectivity index is 1.55. The summed E-state index contributed by atoms with van der Waals surface area (Å²) in [5.41, 5.74) is 4.65. The molecule has 0 amide bonds. The minimum atomic E-state index is 0.227. The predicted molar refractivity (Wildman–Crippen MR) is 88.2 cm³/mol. The number of nitrogens with zero attached hydrogens (tertiary/aromatic N) is 2. The smallest absolute Gasteiger partial charge is 0.112 e. The number of fused-ring (bicyclic) bond motifs is 1. The molecule has 0 bridgehead atoms. The average Bonchev–Trinajstić information content (AvgIpc) is 3.04. The minimum absolute atomic E-state index is 0.227. The minimum Gasteiger partial charge on any atom is -0.374 e. The first-order valence-electron chi connectivity index (χ1n) is 7.73. The molecule has 0 radical (unpaired) electrons. The highest BCUT2D eigenvalue weighted by atomic mass is 16.5. The van der Waals surface area contributed by atoms with Crippen molar-refractivity contribution >= 4 is 16.7 Å². The molecule has 1 fully saturated rings. The second kappa shape index (κ2) is 5.81. The Morgan fingerprint density at radius 2 is 2.05 bits per heavy atom. The van der Waals surface area contributed by atoms with Crippen LogP contribution in [0, 0.1) is 0 Å². The molecule has 1 N–H and O–H groups in total. The van der Waals surface area contributed by atoms with Gasteiger partial charge >= 0.3 is 0 Å². The van der Waals surface area contributed by atoms with Gasteiger partial charge in [-0.15, -0.1) is 0 Å². The summed E-state index contributed by atoms with van der Waals surface area (Å²) in [7, 11) is 0. The summed E-state index contributed by atoms with van der Waals surface area (Å²) in [5.74, 6) is 0. The van der Waals surface area contributed by atoms with Crippen LogP contribution in [0.25, 0.3) is 11.0 Å². The first-order chi connectivity index (χ1) is 10.9. The molecule has 3 aromatic rings. The zero-order valence-corrected chi connectivity index (χ0v) is 12.4. The van der Waals surface area contributed by atoms with Gasteiger partial charge in [0.2, 0.25) is 0 Å². The molecule has 1 aliphatic rings. The van der Waals surface area contributed by atoms with Gasteiger partial charge in [0.05, 0.1) is 30.2 Å². The zero-order chi connectivity index (χ0) is 14.8. The number of imidazole rings is 1. The molecule has 2 aromatic carbocycles. The van der Waals surface area contributed by atoms with E-state index in [1.54, 1.807) is 6.33 Å². The van der Waals surface area contributed by atoms with Gasteiger partial charge in [-0.1, -0.05) is 36.4 Å². The molecule has 1 saturated heterocycles. The Bertz CT molecular complexity index is 753. The number of ether oxygens (including phenoxy) is 1. The SMILES string of the molecule is c1ccc(CC2CN(c3cccc4[nH]cnc34)CCO2)cc1. The second-order valence-electron chi connectivity index (χ2n) is 5.70. The quantitative estimate of drug-likeness (QED) is 0.807. The van der Waals surface area contributed by atoms with Crippen molar-refractivity contribution in [2.45, 2.75) is 12.5 Å². The van der Waals surface area contributed by atoms with Gasteiger partial charge in [0.1, 0.15) is 5.52 Å². The molecule has 1 unspecified atom stereocenters. The highest BCUT2D eigenvalue weighted by Crippen LogP contribution is 2.26. The Kier molecular flexibility index (Phi) is 3.52. The summed E-state index contributed by atoms with van der Waals surface area (Å²) in [6.07, 6.45) is 2.94. The first kappa shape index (κ1) is 13.3. The number of H-pyrrole nitrogens is 1. The number of morpholine rings is 1. The lowest BCUT2D eigenvalue weighted by molar-refractivity contribution is 0.0412. The molecule has 4 rings (SSSR count). The van der Waals surface area contributed by atoms with Crippen molar-refractivity contribution in [3.63, 3.8) is 0 Å². The summed E-state index contributed by atoms with van der Waals surface area (Å²) >= 11 is 0. The molecule has 4 nitrogen and oxygen atoms in total. The number of nitrogens with one attached hydrogen (secondary N) is 1. The van der Waals surface area contributed by atoms with Crippen LogP contribution in [0.3, 0.4) is 0 Å². The van der Waals surface area contributed by atoms with Gasteiger partial charge in [0.15, 0.2) is 0 Å². The number of benzene rings is 2. The number of para-hydroxylation sites is 1. The molecule has 1 aliphatic heterocycles. The van der Waals surface area contributed by atoms with Gasteiger partial charge in [-0.3, -0.25) is 0 Å². The maximum absolute atomic E-state index is 5.96. The molecule has 2 heterocycles. The Labute approximate surface area is 129 Å². The van der Waals surface area contributed by atoms with Crippen LogP contribution in [0.15, 0.2) is 54.9 Å². The van der Waals surface area contributed by atoms with Crippen molar-refractivity contribution in [1.82, 2.24) is 9.97 Å². The fourth-order valence-electron chi connectivity index (χ4n) is 3.14. The van der Waals surface area contributed by atoms with E-state index in [0.29, 0.717) is 0 Å². The van der Waals surface area contributed by atoms with Crippen molar-refractivity contribution < 1.29 is 4.74 Å². The molecule has 0 spiro atoms. The van der Waals surface area contributed by atoms with Gasteiger partial charge in [-0.25, -0.2) is 4.98 Å². The fraction of sp³-hybridized carbons (Fsp3) is 0.278. The molecular formula is C18H19N3O. The van der Waals surface area contributed by atoms with Crippen molar-refractivity contribution in [3.8, 4) is 0 Å². The van der Waals surface area contributed by atoms with Gasteiger partial charge in [0, 0.05) is 19.5 Å². The number of rotatable bonds is 3. The van der Waals surface area contributed by atoms with Crippen LogP contribution in [-0.4, -0.2) is 35.8 Å². The Morgan fingerprint density at radius 3 is 2.95 bits per heavy atom. The first-order valence-corrected chi connectivity index (χ1v) is 7.73. The van der Waals surface area contributed by atoms with Gasteiger partial charge in [-0.05, 0) is 17.7 Å². The average molecular weight is 293 g/mol. The summed E-state index contributed by atoms with van der Waals surface area (Å²) in [6, 6.07) is 16.8. The predicted octanol–water partition coefficient (Wildman–Crippen LogP) is 3.01. The normalized spacial score (nSPS) is 18.7. The van der Waals surface area contributed by atoms with Gasteiger partial charge in [-0.2, -0.15) is 0 Å². The molecule has 112 valence electrons. The number of anilines is 1. The maximum Gasteiger partial charge on any atom is 0.112 e. The number of aromatic amines is 1. The molecule has 1 aromatic heterocycles. The van der Waals surface area contributed by atoms with Crippen molar-refractivity contribution in [2.75, 3.05) is 24.6 Å². The van der Waals surface area contributed by atoms with Crippen LogP contribution in [0.2, 0.25) is 0 Å². The molecule has 0 saturated carbocycles. The van der Waals surface area contributed by atoms with Gasteiger partial charge in [0.25, 0.3) is 0 Å². The molecule has 1 atom stereocenters. The van der Waals surface area contributed by atoms with Crippen molar-refractivity contribution in [2.24, 2.45) is 0 Å². The van der Waals surface area contributed by atoms with E-state index < -0.39 is 0 Å². The van der Waals surface area contributed by atoms with Crippen LogP contribution in [0.5, 0.6) is 0 Å². The van der Waals surface area contributed by atoms with E-state index in [-0.39, 0.29) is 6.10 Å². The largest absolute Gasteiger partial charge is 0.374 e. The van der Waals surface area contributed by atoms with Crippen molar-refractivity contribution in [1.29, 1.82) is 0 Å². The Morgan fingerprint density at radius 1 is 1.14 bits per heavy atom. The van der Waals surface area contributed by atoms with E-state index in [2.05, 4.69) is 63.4 Å². The van der Waals surface area contributed by atoms with Crippen LogP contribution in [0.4, 0.5) is 5.69 Å². The number of hydrogen-bond acceptors (Lipinski definition) is 3. The topological polar surface area (TPSA) is 41.2 Å². The Hall–Kier alpha value is -2.33. The molecular weight excluding hydrogens is 274 g/mol. The van der Waals surface area contributed by atoms with Crippen LogP contribution in [0.1, 0.15) is 5.56 Å². The summed E-state index contributed by atoms with van der Waals surface area (Å²) in [5, 5.41) is 0. The lowest BCUT2D eigenvalue weighted by Crippen LogP contribution is -2.43. The second-order valence-corrected chi connectivity index (χ2v) is 5.70. The van der Waals surface area contributed by atoms with Crippen LogP contribution in [-0.2, 0) is 11.2 Å². The van der Waals surface area contributed by atoms with E-state index in [1.165, 1.54) is 11.3 Å². The number of aromatic nitrogens is 2. The summed E-state index contributed by atoms with van der Waals surface area (Å²) in [4.78, 5) is 10.0. The maximum atomic E-state index is 5.96. The zero-order valence-electron chi connectivity index (χ0n) is 12.4. The van der Waals surface area contributed by atoms with E-state index in [9.17, 15) is 0 Å². The van der Waals surface area contributed by atoms with E-state index in [0.717, 1.165) is 37.2 Å². The van der Waals surface area contributed by atoms with Crippen molar-refractivity contribution in [3.05, 3.63) is 60.4 Å². The van der Waals surface area contributed by atoms with E-state index >= 15 is 0 Å². The van der Waals surface area contributed by atoms with Crippen LogP contribution < -0.4 is 4.90 Å². The highest BCUT2D eigenvalue weighted by molar-refractivity contribution is 5.88. The van der Waals surface area contributed by atoms with E-state index in [4.69, 9.17) is 4.74 Å². The fourth-order valence-corrected chi connectivity index (χ4v) is 3.14. The lowest BCUT2D eigenvalue weighted by atomic mass is 10.1. The molecule has 22 heavy (non-hydrogen) atoms.